The Labute approximate surface area is 301 Å². The maximum atomic E-state index is 12.6. The monoisotopic (exact) mass is 699 g/mol. The van der Waals surface area contributed by atoms with Gasteiger partial charge in [-0.3, -0.25) is 19.2 Å². The first-order valence-corrected chi connectivity index (χ1v) is 17.0. The zero-order valence-corrected chi connectivity index (χ0v) is 27.3. The fourth-order valence-electron chi connectivity index (χ4n) is 10.4. The molecular weight excluding hydrogens is 620 g/mol. The van der Waals surface area contributed by atoms with Gasteiger partial charge in [0.25, 0.3) is 0 Å². The highest BCUT2D eigenvalue weighted by atomic mass is 16.6. The smallest absolute Gasteiger partial charge is 0.309 e. The number of rotatable bonds is 6. The first-order chi connectivity index (χ1) is 20.3. The van der Waals surface area contributed by atoms with Crippen molar-refractivity contribution in [2.45, 2.75) is 168 Å². The van der Waals surface area contributed by atoms with Gasteiger partial charge in [0.1, 0.15) is 17.8 Å². The molecule has 8 heteroatoms. The van der Waals surface area contributed by atoms with E-state index in [0.717, 1.165) is 54.8 Å². The van der Waals surface area contributed by atoms with E-state index in [1.807, 2.05) is 34.6 Å². The molecule has 0 aromatic carbocycles. The lowest BCUT2D eigenvalue weighted by molar-refractivity contribution is -0.160. The summed E-state index contributed by atoms with van der Waals surface area (Å²) in [5, 5.41) is 0. The minimum Gasteiger partial charge on any atom is -0.469 e. The summed E-state index contributed by atoms with van der Waals surface area (Å²) in [6, 6.07) is 0. The van der Waals surface area contributed by atoms with E-state index in [0.29, 0.717) is 36.7 Å². The highest BCUT2D eigenvalue weighted by Gasteiger charge is 2.63. The average Bonchev–Trinajstić information content (AvgIpc) is 3.77. The van der Waals surface area contributed by atoms with Crippen molar-refractivity contribution in [1.82, 2.24) is 0 Å². The summed E-state index contributed by atoms with van der Waals surface area (Å²) in [5.74, 6) is 5.94. The van der Waals surface area contributed by atoms with Gasteiger partial charge in [0.2, 0.25) is 0 Å². The summed E-state index contributed by atoms with van der Waals surface area (Å²) in [6.45, 7) is 10.8. The number of methoxy groups -OCH3 is 1. The topological polar surface area (TPSA) is 105 Å². The van der Waals surface area contributed by atoms with Gasteiger partial charge in [-0.1, -0.05) is 58.4 Å². The molecule has 8 nitrogen and oxygen atoms in total. The molecule has 49 heavy (non-hydrogen) atoms. The molecule has 13 atom stereocenters. The molecule has 6 bridgehead atoms. The highest BCUT2D eigenvalue weighted by molar-refractivity contribution is 5.76. The van der Waals surface area contributed by atoms with Crippen LogP contribution >= 0.6 is 0 Å². The maximum Gasteiger partial charge on any atom is 0.309 e. The Balaban J connectivity index is 0. The van der Waals surface area contributed by atoms with Crippen LogP contribution in [0.15, 0.2) is 0 Å². The molecule has 290 valence electrons. The van der Waals surface area contributed by atoms with Gasteiger partial charge >= 0.3 is 23.9 Å². The van der Waals surface area contributed by atoms with Crippen molar-refractivity contribution in [3.05, 3.63) is 0 Å². The van der Waals surface area contributed by atoms with E-state index in [-0.39, 0.29) is 92.0 Å². The van der Waals surface area contributed by atoms with E-state index in [1.165, 1.54) is 46.1 Å². The van der Waals surface area contributed by atoms with Gasteiger partial charge in [0.15, 0.2) is 0 Å². The van der Waals surface area contributed by atoms with Crippen LogP contribution in [-0.4, -0.2) is 48.8 Å². The Morgan fingerprint density at radius 1 is 0.816 bits per heavy atom. The third-order valence-corrected chi connectivity index (χ3v) is 11.8. The zero-order valence-electron chi connectivity index (χ0n) is 27.3. The minimum atomic E-state index is -0.328. The van der Waals surface area contributed by atoms with Gasteiger partial charge in [0.05, 0.1) is 24.9 Å². The first kappa shape index (κ1) is 49.0. The third kappa shape index (κ3) is 10.5. The molecule has 6 saturated carbocycles. The number of hydrogen-bond donors (Lipinski definition) is 0. The summed E-state index contributed by atoms with van der Waals surface area (Å²) >= 11 is 0. The number of esters is 4. The van der Waals surface area contributed by atoms with E-state index >= 15 is 0 Å². The van der Waals surface area contributed by atoms with Crippen molar-refractivity contribution in [3.8, 4) is 0 Å². The Hall–Kier alpha value is -2.12. The zero-order chi connectivity index (χ0) is 31.2. The van der Waals surface area contributed by atoms with Gasteiger partial charge in [-0.15, -0.1) is 0 Å². The number of carbonyl (C=O) groups is 4. The SMILES string of the molecule is C.C.C.C.C.C.CC(=O)OC(C)(C)C.CCC(CC(C)C(=O)OC1CC2CC1C1C3CCC(C3)C21)C(=O)OC.O=C1OC2CC3CC1C2C3. The predicted molar refractivity (Wildman–Crippen MR) is 200 cm³/mol. The van der Waals surface area contributed by atoms with Gasteiger partial charge in [0, 0.05) is 12.8 Å². The normalized spacial score (nSPS) is 35.1. The standard InChI is InChI=1S/C21H32O4.C8H10O2.C6H12O2.6CH4/c1-4-12(21(23)24-3)7-11(2)20(22)25-17-10-15-9-16(17)19-14-6-5-13(8-14)18(15)19;9-8-6-2-4-1-5(6)7(3-4)10-8;1-5(7)8-6(2,3)4;;;;;;/h11-19H,4-10H2,1-3H3;4-7H,1-3H2;1-4H3;6*1H4. The molecule has 1 aliphatic heterocycles. The Morgan fingerprint density at radius 3 is 1.90 bits per heavy atom. The van der Waals surface area contributed by atoms with Crippen molar-refractivity contribution in [2.75, 3.05) is 7.11 Å². The van der Waals surface area contributed by atoms with Crippen LogP contribution in [-0.2, 0) is 38.1 Å². The summed E-state index contributed by atoms with van der Waals surface area (Å²) in [4.78, 5) is 45.7. The van der Waals surface area contributed by atoms with Crippen LogP contribution in [0.4, 0.5) is 0 Å². The lowest BCUT2D eigenvalue weighted by Gasteiger charge is -2.38. The van der Waals surface area contributed by atoms with Crippen LogP contribution in [0.5, 0.6) is 0 Å². The molecule has 0 N–H and O–H groups in total. The third-order valence-electron chi connectivity index (χ3n) is 11.8. The molecule has 0 aromatic rings. The van der Waals surface area contributed by atoms with Crippen LogP contribution in [0.25, 0.3) is 0 Å². The van der Waals surface area contributed by atoms with Gasteiger partial charge in [-0.25, -0.2) is 0 Å². The second-order valence-corrected chi connectivity index (χ2v) is 15.6. The molecule has 0 aromatic heterocycles. The van der Waals surface area contributed by atoms with Gasteiger partial charge in [-0.05, 0) is 126 Å². The summed E-state index contributed by atoms with van der Waals surface area (Å²) in [5.41, 5.74) is -0.328. The minimum absolute atomic E-state index is 0. The molecule has 6 aliphatic carbocycles. The number of hydrogen-bond acceptors (Lipinski definition) is 8. The van der Waals surface area contributed by atoms with Crippen molar-refractivity contribution >= 4 is 23.9 Å². The summed E-state index contributed by atoms with van der Waals surface area (Å²) in [7, 11) is 1.41. The Bertz CT molecular complexity index is 1060. The molecule has 7 rings (SSSR count). The molecule has 1 heterocycles. The van der Waals surface area contributed by atoms with Crippen LogP contribution in [0, 0.1) is 65.1 Å². The van der Waals surface area contributed by atoms with Crippen molar-refractivity contribution < 1.29 is 38.1 Å². The molecule has 1 saturated heterocycles. The maximum absolute atomic E-state index is 12.6. The first-order valence-electron chi connectivity index (χ1n) is 17.0. The molecule has 7 aliphatic rings. The molecule has 13 unspecified atom stereocenters. The van der Waals surface area contributed by atoms with E-state index in [9.17, 15) is 19.2 Å². The van der Waals surface area contributed by atoms with E-state index in [2.05, 4.69) is 0 Å². The second-order valence-electron chi connectivity index (χ2n) is 15.6. The molecule has 0 radical (unpaired) electrons. The Kier molecular flexibility index (Phi) is 19.5. The molecule has 7 fully saturated rings. The van der Waals surface area contributed by atoms with Crippen molar-refractivity contribution in [2.24, 2.45) is 65.1 Å². The fourth-order valence-corrected chi connectivity index (χ4v) is 10.4. The van der Waals surface area contributed by atoms with Crippen LogP contribution in [0.2, 0.25) is 0 Å². The number of carbonyl (C=O) groups excluding carboxylic acids is 4. The number of fused-ring (bicyclic) bond motifs is 10. The average molecular weight is 699 g/mol. The Morgan fingerprint density at radius 2 is 1.43 bits per heavy atom. The van der Waals surface area contributed by atoms with Gasteiger partial charge < -0.3 is 18.9 Å². The fraction of sp³-hybridized carbons (Fsp3) is 0.902. The lowest BCUT2D eigenvalue weighted by atomic mass is 9.70. The predicted octanol–water partition coefficient (Wildman–Crippen LogP) is 9.95. The number of ether oxygens (including phenoxy) is 4. The van der Waals surface area contributed by atoms with Crippen molar-refractivity contribution in [3.63, 3.8) is 0 Å². The molecule has 0 amide bonds. The van der Waals surface area contributed by atoms with Gasteiger partial charge in [-0.2, -0.15) is 0 Å². The quantitative estimate of drug-likeness (QED) is 0.153. The lowest BCUT2D eigenvalue weighted by Crippen LogP contribution is -2.38. The molecular formula is C41H78O8. The van der Waals surface area contributed by atoms with Crippen LogP contribution in [0.3, 0.4) is 0 Å². The van der Waals surface area contributed by atoms with Crippen molar-refractivity contribution in [1.29, 1.82) is 0 Å². The van der Waals surface area contributed by atoms with Crippen LogP contribution < -0.4 is 0 Å². The second kappa shape index (κ2) is 19.5. The highest BCUT2D eigenvalue weighted by Crippen LogP contribution is 2.67. The summed E-state index contributed by atoms with van der Waals surface area (Å²) < 4.78 is 20.8. The van der Waals surface area contributed by atoms with E-state index in [1.54, 1.807) is 0 Å². The van der Waals surface area contributed by atoms with E-state index in [4.69, 9.17) is 18.9 Å². The van der Waals surface area contributed by atoms with E-state index < -0.39 is 0 Å². The largest absolute Gasteiger partial charge is 0.469 e. The summed E-state index contributed by atoms with van der Waals surface area (Å²) in [6.07, 6.45) is 11.9. The molecule has 0 spiro atoms. The van der Waals surface area contributed by atoms with Crippen LogP contribution in [0.1, 0.15) is 150 Å².